The zero-order valence-corrected chi connectivity index (χ0v) is 17.3. The molecule has 0 unspecified atom stereocenters. The molecule has 12 heteroatoms. The monoisotopic (exact) mass is 432 g/mol. The standard InChI is InChI=1S/C19H24N6O6/c1-3-30-19(26)12-6-8-24(9-7-12)18-16(25(28)29)17(21-11-23(18)2)31-13-4-5-14(20)15(10-13)22-27/h4-5,10,12H,3,6-9,11,20H2,1-2H3. The molecule has 0 aromatic heterocycles. The Labute approximate surface area is 178 Å². The van der Waals surface area contributed by atoms with Crippen molar-refractivity contribution in [3.63, 3.8) is 0 Å². The number of carbonyl (C=O) groups excluding carboxylic acids is 1. The number of nitro groups is 1. The fraction of sp³-hybridized carbons (Fsp3) is 0.474. The number of hydrogen-bond acceptors (Lipinski definition) is 11. The average Bonchev–Trinajstić information content (AvgIpc) is 2.76. The Morgan fingerprint density at radius 1 is 1.39 bits per heavy atom. The summed E-state index contributed by atoms with van der Waals surface area (Å²) in [6, 6.07) is 4.20. The smallest absolute Gasteiger partial charge is 0.370 e. The Morgan fingerprint density at radius 2 is 2.10 bits per heavy atom. The summed E-state index contributed by atoms with van der Waals surface area (Å²) in [7, 11) is 1.70. The summed E-state index contributed by atoms with van der Waals surface area (Å²) in [5.41, 5.74) is 5.50. The molecule has 2 aliphatic heterocycles. The summed E-state index contributed by atoms with van der Waals surface area (Å²) in [6.07, 6.45) is 1.06. The molecule has 0 amide bonds. The maximum absolute atomic E-state index is 12.0. The minimum absolute atomic E-state index is 0.0288. The summed E-state index contributed by atoms with van der Waals surface area (Å²) < 4.78 is 10.7. The van der Waals surface area contributed by atoms with Crippen molar-refractivity contribution in [2.75, 3.05) is 39.1 Å². The lowest BCUT2D eigenvalue weighted by molar-refractivity contribution is -0.420. The van der Waals surface area contributed by atoms with Crippen molar-refractivity contribution in [2.45, 2.75) is 19.8 Å². The van der Waals surface area contributed by atoms with Crippen LogP contribution in [0.3, 0.4) is 0 Å². The highest BCUT2D eigenvalue weighted by Crippen LogP contribution is 2.30. The molecule has 0 bridgehead atoms. The molecule has 0 saturated carbocycles. The molecule has 166 valence electrons. The summed E-state index contributed by atoms with van der Waals surface area (Å²) in [4.78, 5) is 42.0. The van der Waals surface area contributed by atoms with E-state index in [2.05, 4.69) is 10.2 Å². The molecule has 12 nitrogen and oxygen atoms in total. The van der Waals surface area contributed by atoms with Gasteiger partial charge in [-0.2, -0.15) is 0 Å². The first-order chi connectivity index (χ1) is 14.8. The van der Waals surface area contributed by atoms with Crippen LogP contribution in [-0.4, -0.2) is 60.0 Å². The van der Waals surface area contributed by atoms with Gasteiger partial charge in [-0.15, -0.1) is 4.91 Å². The van der Waals surface area contributed by atoms with Crippen LogP contribution in [0.2, 0.25) is 0 Å². The average molecular weight is 432 g/mol. The molecule has 1 saturated heterocycles. The first-order valence-corrected chi connectivity index (χ1v) is 9.82. The van der Waals surface area contributed by atoms with Crippen molar-refractivity contribution < 1.29 is 19.2 Å². The van der Waals surface area contributed by atoms with Crippen molar-refractivity contribution in [3.05, 3.63) is 44.7 Å². The SMILES string of the molecule is CCOC(=O)C1CCN(C2=C([N+](=O)[O-])C(Oc3ccc(N)c(N=O)c3)=NCN2C)CC1. The molecular weight excluding hydrogens is 408 g/mol. The number of nitroso groups, excluding NO2 is 1. The fourth-order valence-electron chi connectivity index (χ4n) is 3.58. The lowest BCUT2D eigenvalue weighted by atomic mass is 9.97. The highest BCUT2D eigenvalue weighted by molar-refractivity contribution is 5.94. The molecule has 3 rings (SSSR count). The molecule has 1 fully saturated rings. The minimum atomic E-state index is -0.544. The molecule has 1 aromatic rings. The molecule has 0 aliphatic carbocycles. The Hall–Kier alpha value is -3.70. The van der Waals surface area contributed by atoms with E-state index in [4.69, 9.17) is 15.2 Å². The number of nitrogens with two attached hydrogens (primary N) is 1. The molecule has 0 atom stereocenters. The van der Waals surface area contributed by atoms with E-state index in [9.17, 15) is 19.8 Å². The van der Waals surface area contributed by atoms with E-state index >= 15 is 0 Å². The van der Waals surface area contributed by atoms with Crippen molar-refractivity contribution in [1.82, 2.24) is 9.80 Å². The number of nitrogens with zero attached hydrogens (tertiary/aromatic N) is 5. The molecule has 2 heterocycles. The fourth-order valence-corrected chi connectivity index (χ4v) is 3.58. The van der Waals surface area contributed by atoms with Gasteiger partial charge < -0.3 is 25.0 Å². The van der Waals surface area contributed by atoms with Crippen LogP contribution in [-0.2, 0) is 9.53 Å². The maximum atomic E-state index is 12.0. The van der Waals surface area contributed by atoms with Crippen LogP contribution in [0.25, 0.3) is 0 Å². The van der Waals surface area contributed by atoms with Gasteiger partial charge in [0.2, 0.25) is 0 Å². The third-order valence-electron chi connectivity index (χ3n) is 5.11. The summed E-state index contributed by atoms with van der Waals surface area (Å²) in [6.45, 7) is 3.13. The molecule has 2 N–H and O–H groups in total. The first-order valence-electron chi connectivity index (χ1n) is 9.82. The lowest BCUT2D eigenvalue weighted by Crippen LogP contribution is -2.45. The van der Waals surface area contributed by atoms with E-state index in [0.717, 1.165) is 0 Å². The van der Waals surface area contributed by atoms with Crippen molar-refractivity contribution >= 4 is 23.2 Å². The van der Waals surface area contributed by atoms with Crippen LogP contribution in [0.15, 0.2) is 39.9 Å². The van der Waals surface area contributed by atoms with Crippen LogP contribution >= 0.6 is 0 Å². The Balaban J connectivity index is 1.85. The Morgan fingerprint density at radius 3 is 2.71 bits per heavy atom. The van der Waals surface area contributed by atoms with E-state index in [-0.39, 0.29) is 47.3 Å². The number of rotatable bonds is 6. The number of carbonyl (C=O) groups is 1. The van der Waals surface area contributed by atoms with Gasteiger partial charge in [0.25, 0.3) is 0 Å². The van der Waals surface area contributed by atoms with Gasteiger partial charge in [0.05, 0.1) is 23.1 Å². The van der Waals surface area contributed by atoms with Crippen LogP contribution < -0.4 is 10.5 Å². The summed E-state index contributed by atoms with van der Waals surface area (Å²) in [5.74, 6) is -0.116. The molecular formula is C19H24N6O6. The van der Waals surface area contributed by atoms with E-state index in [1.807, 2.05) is 4.90 Å². The normalized spacial score (nSPS) is 17.3. The number of benzene rings is 1. The van der Waals surface area contributed by atoms with Crippen molar-refractivity contribution in [1.29, 1.82) is 0 Å². The van der Waals surface area contributed by atoms with Crippen LogP contribution in [0, 0.1) is 20.9 Å². The van der Waals surface area contributed by atoms with Crippen LogP contribution in [0.5, 0.6) is 5.75 Å². The third kappa shape index (κ3) is 4.73. The highest BCUT2D eigenvalue weighted by Gasteiger charge is 2.38. The number of nitrogen functional groups attached to an aromatic ring is 1. The van der Waals surface area contributed by atoms with Gasteiger partial charge in [-0.3, -0.25) is 14.9 Å². The number of aliphatic imine (C=N–C) groups is 1. The van der Waals surface area contributed by atoms with Gasteiger partial charge in [0.15, 0.2) is 5.82 Å². The zero-order valence-electron chi connectivity index (χ0n) is 17.3. The molecule has 0 radical (unpaired) electrons. The van der Waals surface area contributed by atoms with Gasteiger partial charge in [-0.1, -0.05) is 0 Å². The molecule has 1 aromatic carbocycles. The number of anilines is 1. The van der Waals surface area contributed by atoms with Crippen molar-refractivity contribution in [2.24, 2.45) is 16.1 Å². The maximum Gasteiger partial charge on any atom is 0.370 e. The second-order valence-corrected chi connectivity index (χ2v) is 7.16. The molecule has 31 heavy (non-hydrogen) atoms. The second kappa shape index (κ2) is 9.41. The third-order valence-corrected chi connectivity index (χ3v) is 5.11. The van der Waals surface area contributed by atoms with E-state index in [1.165, 1.54) is 18.2 Å². The van der Waals surface area contributed by atoms with Gasteiger partial charge in [0, 0.05) is 26.2 Å². The summed E-state index contributed by atoms with van der Waals surface area (Å²) in [5, 5.41) is 14.8. The highest BCUT2D eigenvalue weighted by atomic mass is 16.6. The second-order valence-electron chi connectivity index (χ2n) is 7.16. The lowest BCUT2D eigenvalue weighted by Gasteiger charge is -2.38. The van der Waals surface area contributed by atoms with Gasteiger partial charge >= 0.3 is 17.6 Å². The minimum Gasteiger partial charge on any atom is -0.466 e. The predicted molar refractivity (Wildman–Crippen MR) is 112 cm³/mol. The number of likely N-dealkylation sites (tertiary alicyclic amines) is 1. The number of esters is 1. The van der Waals surface area contributed by atoms with Gasteiger partial charge in [0.1, 0.15) is 18.1 Å². The Bertz CT molecular complexity index is 938. The van der Waals surface area contributed by atoms with E-state index < -0.39 is 4.92 Å². The number of hydrogen-bond donors (Lipinski definition) is 1. The van der Waals surface area contributed by atoms with Crippen LogP contribution in [0.1, 0.15) is 19.8 Å². The van der Waals surface area contributed by atoms with Crippen molar-refractivity contribution in [3.8, 4) is 5.75 Å². The number of ether oxygens (including phenoxy) is 2. The van der Waals surface area contributed by atoms with Gasteiger partial charge in [-0.05, 0) is 37.1 Å². The summed E-state index contributed by atoms with van der Waals surface area (Å²) >= 11 is 0. The van der Waals surface area contributed by atoms with E-state index in [0.29, 0.717) is 38.4 Å². The van der Waals surface area contributed by atoms with Crippen LogP contribution in [0.4, 0.5) is 11.4 Å². The number of piperidine rings is 1. The Kier molecular flexibility index (Phi) is 6.68. The van der Waals surface area contributed by atoms with E-state index in [1.54, 1.807) is 18.9 Å². The predicted octanol–water partition coefficient (Wildman–Crippen LogP) is 2.07. The quantitative estimate of drug-likeness (QED) is 0.234. The molecule has 2 aliphatic rings. The largest absolute Gasteiger partial charge is 0.466 e. The first kappa shape index (κ1) is 22.0. The zero-order chi connectivity index (χ0) is 22.5. The topological polar surface area (TPSA) is 153 Å². The molecule has 0 spiro atoms. The van der Waals surface area contributed by atoms with Gasteiger partial charge in [-0.25, -0.2) is 4.99 Å².